The van der Waals surface area contributed by atoms with E-state index in [9.17, 15) is 14.4 Å². The first-order chi connectivity index (χ1) is 18.4. The molecule has 0 radical (unpaired) electrons. The number of rotatable bonds is 11. The number of nitrogens with one attached hydrogen (secondary N) is 2. The summed E-state index contributed by atoms with van der Waals surface area (Å²) >= 11 is 2.72. The highest BCUT2D eigenvalue weighted by Gasteiger charge is 2.27. The molecule has 38 heavy (non-hydrogen) atoms. The average Bonchev–Trinajstić information content (AvgIpc) is 3.50. The van der Waals surface area contributed by atoms with Gasteiger partial charge in [-0.15, -0.1) is 21.5 Å². The highest BCUT2D eigenvalue weighted by atomic mass is 32.2. The topological polar surface area (TPSA) is 124 Å². The number of anilines is 1. The van der Waals surface area contributed by atoms with E-state index in [0.29, 0.717) is 39.4 Å². The van der Waals surface area contributed by atoms with Crippen molar-refractivity contribution in [3.63, 3.8) is 0 Å². The number of aromatic nitrogens is 3. The van der Waals surface area contributed by atoms with Crippen LogP contribution in [0.4, 0.5) is 5.00 Å². The molecule has 0 spiro atoms. The van der Waals surface area contributed by atoms with Gasteiger partial charge in [0.05, 0.1) is 31.6 Å². The number of carbonyl (C=O) groups excluding carboxylic acids is 3. The van der Waals surface area contributed by atoms with E-state index in [1.54, 1.807) is 38.3 Å². The number of benzene rings is 1. The molecule has 12 heteroatoms. The maximum Gasteiger partial charge on any atom is 0.341 e. The lowest BCUT2D eigenvalue weighted by atomic mass is 9.95. The molecular weight excluding hydrogens is 526 g/mol. The number of thiophene rings is 1. The maximum atomic E-state index is 12.9. The van der Waals surface area contributed by atoms with Crippen molar-refractivity contribution < 1.29 is 23.9 Å². The third-order valence-electron chi connectivity index (χ3n) is 6.11. The van der Waals surface area contributed by atoms with Gasteiger partial charge >= 0.3 is 5.97 Å². The van der Waals surface area contributed by atoms with Crippen LogP contribution in [0.25, 0.3) is 0 Å². The molecule has 0 aliphatic heterocycles. The van der Waals surface area contributed by atoms with Crippen molar-refractivity contribution in [2.24, 2.45) is 0 Å². The standard InChI is InChI=1S/C26H31N5O5S2/c1-4-31-20(14-27-23(33)16-10-12-17(35-3)13-11-16)29-30-26(31)37-15-21(32)28-24-22(25(34)36-5-2)18-8-6-7-9-19(18)38-24/h10-13H,4-9,14-15H2,1-3H3,(H,27,33)(H,28,32). The molecule has 10 nitrogen and oxygen atoms in total. The Labute approximate surface area is 229 Å². The molecule has 0 bridgehead atoms. The summed E-state index contributed by atoms with van der Waals surface area (Å²) in [6.07, 6.45) is 3.83. The van der Waals surface area contributed by atoms with Crippen molar-refractivity contribution in [1.29, 1.82) is 0 Å². The number of hydrogen-bond acceptors (Lipinski definition) is 9. The number of fused-ring (bicyclic) bond motifs is 1. The molecule has 1 aliphatic carbocycles. The minimum atomic E-state index is -0.387. The highest BCUT2D eigenvalue weighted by molar-refractivity contribution is 7.99. The van der Waals surface area contributed by atoms with E-state index in [2.05, 4.69) is 20.8 Å². The van der Waals surface area contributed by atoms with Crippen LogP contribution >= 0.6 is 23.1 Å². The molecule has 0 saturated heterocycles. The minimum Gasteiger partial charge on any atom is -0.497 e. The zero-order valence-electron chi connectivity index (χ0n) is 21.7. The summed E-state index contributed by atoms with van der Waals surface area (Å²) in [6.45, 7) is 4.78. The van der Waals surface area contributed by atoms with Crippen molar-refractivity contribution in [2.45, 2.75) is 57.8 Å². The van der Waals surface area contributed by atoms with Crippen LogP contribution in [0.2, 0.25) is 0 Å². The zero-order valence-corrected chi connectivity index (χ0v) is 23.3. The first-order valence-electron chi connectivity index (χ1n) is 12.5. The lowest BCUT2D eigenvalue weighted by Gasteiger charge is -2.12. The fourth-order valence-electron chi connectivity index (χ4n) is 4.24. The van der Waals surface area contributed by atoms with Crippen molar-refractivity contribution >= 4 is 45.9 Å². The van der Waals surface area contributed by atoms with Gasteiger partial charge in [-0.2, -0.15) is 0 Å². The summed E-state index contributed by atoms with van der Waals surface area (Å²) in [6, 6.07) is 6.83. The Kier molecular flexibility index (Phi) is 9.40. The van der Waals surface area contributed by atoms with Crippen LogP contribution in [0.15, 0.2) is 29.4 Å². The summed E-state index contributed by atoms with van der Waals surface area (Å²) in [5.41, 5.74) is 2.02. The molecule has 0 atom stereocenters. The number of carbonyl (C=O) groups is 3. The van der Waals surface area contributed by atoms with Gasteiger partial charge in [0, 0.05) is 17.0 Å². The minimum absolute atomic E-state index is 0.0984. The van der Waals surface area contributed by atoms with Crippen molar-refractivity contribution in [3.05, 3.63) is 51.7 Å². The van der Waals surface area contributed by atoms with Crippen LogP contribution in [0, 0.1) is 0 Å². The first kappa shape index (κ1) is 27.6. The van der Waals surface area contributed by atoms with Gasteiger partial charge in [-0.1, -0.05) is 11.8 Å². The molecule has 2 N–H and O–H groups in total. The average molecular weight is 558 g/mol. The summed E-state index contributed by atoms with van der Waals surface area (Å²) in [7, 11) is 1.57. The van der Waals surface area contributed by atoms with Gasteiger partial charge in [-0.25, -0.2) is 4.79 Å². The van der Waals surface area contributed by atoms with Gasteiger partial charge in [-0.05, 0) is 69.4 Å². The number of hydrogen-bond donors (Lipinski definition) is 2. The predicted octanol–water partition coefficient (Wildman–Crippen LogP) is 4.08. The molecule has 2 aromatic heterocycles. The number of ether oxygens (including phenoxy) is 2. The Morgan fingerprint density at radius 1 is 1.11 bits per heavy atom. The summed E-state index contributed by atoms with van der Waals surface area (Å²) in [5.74, 6) is 0.506. The summed E-state index contributed by atoms with van der Waals surface area (Å²) in [4.78, 5) is 39.2. The van der Waals surface area contributed by atoms with Crippen LogP contribution in [-0.2, 0) is 35.5 Å². The number of amides is 2. The smallest absolute Gasteiger partial charge is 0.341 e. The normalized spacial score (nSPS) is 12.5. The molecule has 202 valence electrons. The fourth-order valence-corrected chi connectivity index (χ4v) is 6.36. The fraction of sp³-hybridized carbons (Fsp3) is 0.423. The monoisotopic (exact) mass is 557 g/mol. The van der Waals surface area contributed by atoms with Gasteiger partial charge in [0.15, 0.2) is 11.0 Å². The lowest BCUT2D eigenvalue weighted by molar-refractivity contribution is -0.113. The van der Waals surface area contributed by atoms with Crippen LogP contribution in [0.3, 0.4) is 0 Å². The third-order valence-corrected chi connectivity index (χ3v) is 8.28. The van der Waals surface area contributed by atoms with E-state index >= 15 is 0 Å². The van der Waals surface area contributed by atoms with E-state index in [4.69, 9.17) is 9.47 Å². The van der Waals surface area contributed by atoms with Crippen molar-refractivity contribution in [3.8, 4) is 5.75 Å². The van der Waals surface area contributed by atoms with Crippen LogP contribution in [-0.4, -0.2) is 52.0 Å². The molecular formula is C26H31N5O5S2. The Bertz CT molecular complexity index is 1300. The predicted molar refractivity (Wildman–Crippen MR) is 146 cm³/mol. The van der Waals surface area contributed by atoms with E-state index < -0.39 is 0 Å². The number of methoxy groups -OCH3 is 1. The van der Waals surface area contributed by atoms with Crippen molar-refractivity contribution in [2.75, 3.05) is 24.8 Å². The summed E-state index contributed by atoms with van der Waals surface area (Å²) < 4.78 is 12.3. The van der Waals surface area contributed by atoms with Gasteiger partial charge in [0.1, 0.15) is 10.8 Å². The molecule has 3 aromatic rings. The number of thioether (sulfide) groups is 1. The Balaban J connectivity index is 1.37. The SMILES string of the molecule is CCOC(=O)c1c(NC(=O)CSc2nnc(CNC(=O)c3ccc(OC)cc3)n2CC)sc2c1CCCC2. The largest absolute Gasteiger partial charge is 0.497 e. The Morgan fingerprint density at radius 2 is 1.87 bits per heavy atom. The van der Waals surface area contributed by atoms with E-state index in [0.717, 1.165) is 36.1 Å². The van der Waals surface area contributed by atoms with Crippen molar-refractivity contribution in [1.82, 2.24) is 20.1 Å². The molecule has 4 rings (SSSR count). The molecule has 1 aromatic carbocycles. The van der Waals surface area contributed by atoms with Crippen LogP contribution < -0.4 is 15.4 Å². The third kappa shape index (κ3) is 6.36. The molecule has 2 amide bonds. The second-order valence-corrected chi connectivity index (χ2v) is 10.6. The Hall–Kier alpha value is -3.38. The second kappa shape index (κ2) is 12.9. The van der Waals surface area contributed by atoms with Gasteiger partial charge in [0.2, 0.25) is 5.91 Å². The number of esters is 1. The van der Waals surface area contributed by atoms with E-state index in [-0.39, 0.29) is 36.7 Å². The second-order valence-electron chi connectivity index (χ2n) is 8.53. The molecule has 0 saturated carbocycles. The lowest BCUT2D eigenvalue weighted by Crippen LogP contribution is -2.24. The number of aryl methyl sites for hydroxylation is 1. The van der Waals surface area contributed by atoms with E-state index in [1.807, 2.05) is 11.5 Å². The molecule has 0 fully saturated rings. The highest BCUT2D eigenvalue weighted by Crippen LogP contribution is 2.38. The number of nitrogens with zero attached hydrogens (tertiary/aromatic N) is 3. The Morgan fingerprint density at radius 3 is 2.58 bits per heavy atom. The molecule has 0 unspecified atom stereocenters. The zero-order chi connectivity index (χ0) is 27.1. The van der Waals surface area contributed by atoms with Gasteiger partial charge in [-0.3, -0.25) is 9.59 Å². The molecule has 1 aliphatic rings. The maximum absolute atomic E-state index is 12.9. The van der Waals surface area contributed by atoms with Gasteiger partial charge < -0.3 is 24.7 Å². The van der Waals surface area contributed by atoms with Crippen LogP contribution in [0.5, 0.6) is 5.75 Å². The summed E-state index contributed by atoms with van der Waals surface area (Å²) in [5, 5.41) is 15.3. The van der Waals surface area contributed by atoms with Crippen LogP contribution in [0.1, 0.15) is 63.7 Å². The first-order valence-corrected chi connectivity index (χ1v) is 14.3. The van der Waals surface area contributed by atoms with Gasteiger partial charge in [0.25, 0.3) is 5.91 Å². The van der Waals surface area contributed by atoms with E-state index in [1.165, 1.54) is 23.1 Å². The molecule has 2 heterocycles. The quantitative estimate of drug-likeness (QED) is 0.267.